The molecule has 2 N–H and O–H groups in total. The van der Waals surface area contributed by atoms with Crippen molar-refractivity contribution < 1.29 is 23.8 Å². The van der Waals surface area contributed by atoms with Crippen molar-refractivity contribution in [2.24, 2.45) is 0 Å². The summed E-state index contributed by atoms with van der Waals surface area (Å²) in [5.41, 5.74) is 2.19. The highest BCUT2D eigenvalue weighted by Gasteiger charge is 2.31. The maximum absolute atomic E-state index is 14.8. The molecule has 2 aliphatic carbocycles. The molecule has 0 radical (unpaired) electrons. The van der Waals surface area contributed by atoms with Gasteiger partial charge in [-0.3, -0.25) is 4.79 Å². The van der Waals surface area contributed by atoms with E-state index in [-0.39, 0.29) is 24.4 Å². The maximum Gasteiger partial charge on any atom is 0.251 e. The molecular weight excluding hydrogens is 445 g/mol. The van der Waals surface area contributed by atoms with Crippen LogP contribution in [0.3, 0.4) is 0 Å². The van der Waals surface area contributed by atoms with E-state index in [1.54, 1.807) is 44.2 Å². The molecule has 0 aliphatic heterocycles. The summed E-state index contributed by atoms with van der Waals surface area (Å²) in [5.74, 6) is 2.02. The Balaban J connectivity index is 1.28. The van der Waals surface area contributed by atoms with E-state index in [0.29, 0.717) is 41.4 Å². The van der Waals surface area contributed by atoms with Crippen LogP contribution in [0.15, 0.2) is 60.7 Å². The molecule has 0 spiro atoms. The first-order chi connectivity index (χ1) is 16.8. The summed E-state index contributed by atoms with van der Waals surface area (Å²) >= 11 is 0. The number of hydrogen-bond acceptors (Lipinski definition) is 4. The molecule has 5 nitrogen and oxygen atoms in total. The zero-order valence-electron chi connectivity index (χ0n) is 20.0. The molecule has 182 valence electrons. The molecule has 1 unspecified atom stereocenters. The van der Waals surface area contributed by atoms with Crippen LogP contribution in [0.5, 0.6) is 17.2 Å². The molecule has 3 aromatic rings. The Kier molecular flexibility index (Phi) is 6.24. The van der Waals surface area contributed by atoms with Gasteiger partial charge in [0.1, 0.15) is 29.2 Å². The van der Waals surface area contributed by atoms with E-state index in [4.69, 9.17) is 9.47 Å². The van der Waals surface area contributed by atoms with E-state index in [0.717, 1.165) is 11.3 Å². The minimum absolute atomic E-state index is 0.152. The number of fused-ring (bicyclic) bond motifs is 1. The summed E-state index contributed by atoms with van der Waals surface area (Å²) in [6.07, 6.45) is 3.48. The molecule has 0 aromatic heterocycles. The molecule has 0 bridgehead atoms. The Morgan fingerprint density at radius 2 is 1.69 bits per heavy atom. The lowest BCUT2D eigenvalue weighted by molar-refractivity contribution is 0.0694. The third kappa shape index (κ3) is 5.49. The van der Waals surface area contributed by atoms with Crippen LogP contribution >= 0.6 is 0 Å². The number of halogens is 1. The third-order valence-corrected chi connectivity index (χ3v) is 6.47. The van der Waals surface area contributed by atoms with Crippen molar-refractivity contribution in [3.8, 4) is 17.2 Å². The van der Waals surface area contributed by atoms with Crippen LogP contribution < -0.4 is 14.8 Å². The lowest BCUT2D eigenvalue weighted by Crippen LogP contribution is -2.38. The van der Waals surface area contributed by atoms with Crippen molar-refractivity contribution in [2.45, 2.75) is 57.2 Å². The van der Waals surface area contributed by atoms with Crippen LogP contribution in [0.2, 0.25) is 0 Å². The summed E-state index contributed by atoms with van der Waals surface area (Å²) in [6, 6.07) is 18.0. The van der Waals surface area contributed by atoms with E-state index >= 15 is 0 Å². The summed E-state index contributed by atoms with van der Waals surface area (Å²) in [5, 5.41) is 12.5. The van der Waals surface area contributed by atoms with Gasteiger partial charge in [-0.15, -0.1) is 0 Å². The van der Waals surface area contributed by atoms with E-state index in [1.165, 1.54) is 24.5 Å². The van der Waals surface area contributed by atoms with Gasteiger partial charge >= 0.3 is 0 Å². The van der Waals surface area contributed by atoms with E-state index < -0.39 is 5.60 Å². The summed E-state index contributed by atoms with van der Waals surface area (Å²) in [4.78, 5) is 12.3. The second kappa shape index (κ2) is 9.34. The van der Waals surface area contributed by atoms with E-state index in [2.05, 4.69) is 17.4 Å². The first-order valence-electron chi connectivity index (χ1n) is 12.1. The standard InChI is InChI=1S/C29H30FNO4/c1-29(2,33)17-31-28(32)20-7-11-21(12-8-20)34-25-16-14-24(30)27-23(25)13-15-26(27)35-22-9-5-19(6-10-22)18-3-4-18/h5-12,14,16,18,26,33H,3-4,13,15,17H2,1-2H3,(H,31,32). The first kappa shape index (κ1) is 23.4. The van der Waals surface area contributed by atoms with Crippen LogP contribution in [0.25, 0.3) is 0 Å². The Morgan fingerprint density at radius 3 is 2.34 bits per heavy atom. The predicted octanol–water partition coefficient (Wildman–Crippen LogP) is 6.06. The predicted molar refractivity (Wildman–Crippen MR) is 132 cm³/mol. The quantitative estimate of drug-likeness (QED) is 0.415. The molecule has 2 aliphatic rings. The van der Waals surface area contributed by atoms with Crippen molar-refractivity contribution in [2.75, 3.05) is 6.54 Å². The van der Waals surface area contributed by atoms with Gasteiger partial charge in [0.25, 0.3) is 5.91 Å². The SMILES string of the molecule is CC(C)(O)CNC(=O)c1ccc(Oc2ccc(F)c3c2CCC3Oc2ccc(C3CC3)cc2)cc1. The molecule has 5 rings (SSSR count). The van der Waals surface area contributed by atoms with E-state index in [1.807, 2.05) is 12.1 Å². The number of ether oxygens (including phenoxy) is 2. The van der Waals surface area contributed by atoms with Gasteiger partial charge in [-0.1, -0.05) is 12.1 Å². The Labute approximate surface area is 204 Å². The highest BCUT2D eigenvalue weighted by molar-refractivity contribution is 5.94. The molecule has 6 heteroatoms. The average molecular weight is 476 g/mol. The van der Waals surface area contributed by atoms with Gasteiger partial charge in [0, 0.05) is 23.2 Å². The molecule has 1 fully saturated rings. The van der Waals surface area contributed by atoms with Gasteiger partial charge in [-0.2, -0.15) is 0 Å². The molecule has 0 heterocycles. The molecule has 1 amide bonds. The summed E-state index contributed by atoms with van der Waals surface area (Å²) in [6.45, 7) is 3.41. The Hall–Kier alpha value is -3.38. The number of amides is 1. The van der Waals surface area contributed by atoms with Gasteiger partial charge in [0.05, 0.1) is 5.60 Å². The van der Waals surface area contributed by atoms with Gasteiger partial charge < -0.3 is 19.9 Å². The van der Waals surface area contributed by atoms with Gasteiger partial charge in [0.15, 0.2) is 0 Å². The van der Waals surface area contributed by atoms with E-state index in [9.17, 15) is 14.3 Å². The number of nitrogens with one attached hydrogen (secondary N) is 1. The number of benzene rings is 3. The van der Waals surface area contributed by atoms with Crippen molar-refractivity contribution in [1.29, 1.82) is 0 Å². The van der Waals surface area contributed by atoms with Crippen LogP contribution in [0, 0.1) is 5.82 Å². The Bertz CT molecular complexity index is 1210. The fourth-order valence-electron chi connectivity index (χ4n) is 4.45. The maximum atomic E-state index is 14.8. The summed E-state index contributed by atoms with van der Waals surface area (Å²) < 4.78 is 27.1. The lowest BCUT2D eigenvalue weighted by Gasteiger charge is -2.18. The molecule has 1 atom stereocenters. The summed E-state index contributed by atoms with van der Waals surface area (Å²) in [7, 11) is 0. The monoisotopic (exact) mass is 475 g/mol. The smallest absolute Gasteiger partial charge is 0.251 e. The molecule has 3 aromatic carbocycles. The zero-order chi connectivity index (χ0) is 24.6. The third-order valence-electron chi connectivity index (χ3n) is 6.47. The number of carbonyl (C=O) groups is 1. The normalized spacial score (nSPS) is 17.1. The van der Waals surface area contributed by atoms with Crippen LogP contribution in [0.4, 0.5) is 4.39 Å². The number of hydrogen-bond donors (Lipinski definition) is 2. The van der Waals surface area contributed by atoms with Gasteiger partial charge in [-0.05, 0) is 99.5 Å². The Morgan fingerprint density at radius 1 is 1.00 bits per heavy atom. The minimum Gasteiger partial charge on any atom is -0.486 e. The average Bonchev–Trinajstić information content (AvgIpc) is 3.60. The zero-order valence-corrected chi connectivity index (χ0v) is 20.0. The number of rotatable bonds is 8. The second-order valence-corrected chi connectivity index (χ2v) is 10.0. The molecular formula is C29H30FNO4. The highest BCUT2D eigenvalue weighted by Crippen LogP contribution is 2.43. The van der Waals surface area contributed by atoms with Crippen molar-refractivity contribution in [3.05, 3.63) is 88.7 Å². The van der Waals surface area contributed by atoms with Crippen molar-refractivity contribution >= 4 is 5.91 Å². The van der Waals surface area contributed by atoms with Crippen LogP contribution in [-0.4, -0.2) is 23.2 Å². The van der Waals surface area contributed by atoms with Crippen molar-refractivity contribution in [3.63, 3.8) is 0 Å². The van der Waals surface area contributed by atoms with Crippen LogP contribution in [-0.2, 0) is 6.42 Å². The largest absolute Gasteiger partial charge is 0.486 e. The molecule has 1 saturated carbocycles. The van der Waals surface area contributed by atoms with Crippen molar-refractivity contribution in [1.82, 2.24) is 5.32 Å². The lowest BCUT2D eigenvalue weighted by atomic mass is 10.1. The van der Waals surface area contributed by atoms with Gasteiger partial charge in [-0.25, -0.2) is 4.39 Å². The topological polar surface area (TPSA) is 67.8 Å². The second-order valence-electron chi connectivity index (χ2n) is 10.0. The fraction of sp³-hybridized carbons (Fsp3) is 0.345. The molecule has 0 saturated heterocycles. The number of carbonyl (C=O) groups excluding carboxylic acids is 1. The first-order valence-corrected chi connectivity index (χ1v) is 12.1. The minimum atomic E-state index is -0.983. The van der Waals surface area contributed by atoms with Crippen LogP contribution in [0.1, 0.15) is 72.2 Å². The van der Waals surface area contributed by atoms with Gasteiger partial charge in [0.2, 0.25) is 0 Å². The fourth-order valence-corrected chi connectivity index (χ4v) is 4.45. The highest BCUT2D eigenvalue weighted by atomic mass is 19.1. The molecule has 35 heavy (non-hydrogen) atoms. The number of aliphatic hydroxyl groups is 1.